The van der Waals surface area contributed by atoms with Crippen molar-refractivity contribution in [3.05, 3.63) is 70.8 Å². The van der Waals surface area contributed by atoms with Crippen LogP contribution in [0.5, 0.6) is 0 Å². The number of fused-ring (bicyclic) bond motifs is 1. The van der Waals surface area contributed by atoms with Gasteiger partial charge in [0, 0.05) is 27.5 Å². The highest BCUT2D eigenvalue weighted by Crippen LogP contribution is 2.35. The molecule has 0 atom stereocenters. The molecule has 0 bridgehead atoms. The van der Waals surface area contributed by atoms with Gasteiger partial charge in [-0.2, -0.15) is 18.3 Å². The summed E-state index contributed by atoms with van der Waals surface area (Å²) in [5, 5.41) is 4.46. The van der Waals surface area contributed by atoms with Crippen LogP contribution in [0.3, 0.4) is 0 Å². The van der Waals surface area contributed by atoms with Gasteiger partial charge in [0.2, 0.25) is 0 Å². The van der Waals surface area contributed by atoms with E-state index in [-0.39, 0.29) is 11.3 Å². The Morgan fingerprint density at radius 3 is 2.14 bits per heavy atom. The highest BCUT2D eigenvalue weighted by Gasteiger charge is 2.35. The molecule has 4 nitrogen and oxygen atoms in total. The Hall–Kier alpha value is -2.93. The van der Waals surface area contributed by atoms with E-state index >= 15 is 0 Å². The fourth-order valence-electron chi connectivity index (χ4n) is 3.13. The molecule has 3 aromatic heterocycles. The molecule has 8 heteroatoms. The van der Waals surface area contributed by atoms with E-state index in [4.69, 9.17) is 11.6 Å². The van der Waals surface area contributed by atoms with Crippen LogP contribution in [0.4, 0.5) is 13.2 Å². The van der Waals surface area contributed by atoms with Crippen LogP contribution in [0.2, 0.25) is 5.02 Å². The van der Waals surface area contributed by atoms with Crippen LogP contribution in [-0.2, 0) is 6.18 Å². The Balaban J connectivity index is 2.01. The van der Waals surface area contributed by atoms with Crippen LogP contribution in [0.1, 0.15) is 17.1 Å². The first kappa shape index (κ1) is 18.4. The molecule has 0 spiro atoms. The summed E-state index contributed by atoms with van der Waals surface area (Å²) < 4.78 is 41.9. The maximum Gasteiger partial charge on any atom is 0.433 e. The molecule has 0 amide bonds. The molecular weight excluding hydrogens is 389 g/mol. The Labute approximate surface area is 163 Å². The molecule has 4 rings (SSSR count). The first-order chi connectivity index (χ1) is 13.2. The number of nitrogens with zero attached hydrogens (tertiary/aromatic N) is 4. The van der Waals surface area contributed by atoms with Crippen molar-refractivity contribution in [1.29, 1.82) is 0 Å². The first-order valence-electron chi connectivity index (χ1n) is 8.40. The van der Waals surface area contributed by atoms with Gasteiger partial charge in [-0.05, 0) is 49.7 Å². The van der Waals surface area contributed by atoms with Gasteiger partial charge in [-0.25, -0.2) is 9.50 Å². The molecule has 28 heavy (non-hydrogen) atoms. The van der Waals surface area contributed by atoms with Crippen LogP contribution in [0, 0.1) is 13.8 Å². The molecule has 0 saturated heterocycles. The lowest BCUT2D eigenvalue weighted by Crippen LogP contribution is -2.13. The normalized spacial score (nSPS) is 11.9. The largest absolute Gasteiger partial charge is 0.433 e. The zero-order chi connectivity index (χ0) is 20.1. The Kier molecular flexibility index (Phi) is 4.34. The second-order valence-electron chi connectivity index (χ2n) is 6.46. The number of rotatable bonds is 2. The predicted octanol–water partition coefficient (Wildman–Crippen LogP) is 5.75. The molecule has 142 valence electrons. The highest BCUT2D eigenvalue weighted by atomic mass is 35.5. The summed E-state index contributed by atoms with van der Waals surface area (Å²) in [6.45, 7) is 3.66. The van der Waals surface area contributed by atoms with Gasteiger partial charge in [0.1, 0.15) is 0 Å². The third-order valence-electron chi connectivity index (χ3n) is 4.29. The van der Waals surface area contributed by atoms with Gasteiger partial charge in [0.15, 0.2) is 11.3 Å². The van der Waals surface area contributed by atoms with Crippen molar-refractivity contribution in [3.8, 4) is 22.4 Å². The number of hydrogen-bond acceptors (Lipinski definition) is 3. The molecule has 1 aromatic carbocycles. The maximum atomic E-state index is 13.7. The van der Waals surface area contributed by atoms with Crippen molar-refractivity contribution in [2.45, 2.75) is 20.0 Å². The highest BCUT2D eigenvalue weighted by molar-refractivity contribution is 6.30. The third kappa shape index (κ3) is 3.33. The summed E-state index contributed by atoms with van der Waals surface area (Å²) >= 11 is 5.90. The minimum Gasteiger partial charge on any atom is -0.258 e. The van der Waals surface area contributed by atoms with Crippen LogP contribution in [-0.4, -0.2) is 19.6 Å². The predicted molar refractivity (Wildman–Crippen MR) is 101 cm³/mol. The van der Waals surface area contributed by atoms with Gasteiger partial charge in [0.05, 0.1) is 11.9 Å². The zero-order valence-corrected chi connectivity index (χ0v) is 15.7. The van der Waals surface area contributed by atoms with Crippen molar-refractivity contribution in [2.75, 3.05) is 0 Å². The zero-order valence-electron chi connectivity index (χ0n) is 14.9. The Morgan fingerprint density at radius 1 is 0.893 bits per heavy atom. The van der Waals surface area contributed by atoms with E-state index in [0.717, 1.165) is 22.0 Å². The lowest BCUT2D eigenvalue weighted by Gasteiger charge is -2.12. The standard InChI is InChI=1S/C20H14ClF3N4/c1-11-7-14(8-12(2)26-11)16-10-25-28-18(20(22,23)24)9-17(27-19(16)28)13-3-5-15(21)6-4-13/h3-10H,1-2H3. The van der Waals surface area contributed by atoms with E-state index in [1.54, 1.807) is 36.4 Å². The molecule has 4 aromatic rings. The van der Waals surface area contributed by atoms with Crippen LogP contribution < -0.4 is 0 Å². The van der Waals surface area contributed by atoms with Crippen molar-refractivity contribution >= 4 is 17.2 Å². The second kappa shape index (κ2) is 6.60. The van der Waals surface area contributed by atoms with Crippen molar-refractivity contribution in [3.63, 3.8) is 0 Å². The van der Waals surface area contributed by atoms with E-state index in [2.05, 4.69) is 15.1 Å². The van der Waals surface area contributed by atoms with Gasteiger partial charge in [-0.3, -0.25) is 4.98 Å². The second-order valence-corrected chi connectivity index (χ2v) is 6.90. The monoisotopic (exact) mass is 402 g/mol. The number of alkyl halides is 3. The first-order valence-corrected chi connectivity index (χ1v) is 8.78. The summed E-state index contributed by atoms with van der Waals surface area (Å²) in [4.78, 5) is 8.80. The van der Waals surface area contributed by atoms with Gasteiger partial charge in [-0.15, -0.1) is 0 Å². The smallest absolute Gasteiger partial charge is 0.258 e. The van der Waals surface area contributed by atoms with Gasteiger partial charge in [0.25, 0.3) is 0 Å². The number of aromatic nitrogens is 4. The van der Waals surface area contributed by atoms with Gasteiger partial charge < -0.3 is 0 Å². The minimum atomic E-state index is -4.59. The number of hydrogen-bond donors (Lipinski definition) is 0. The summed E-state index contributed by atoms with van der Waals surface area (Å²) in [5.74, 6) is 0. The van der Waals surface area contributed by atoms with E-state index in [0.29, 0.717) is 21.7 Å². The van der Waals surface area contributed by atoms with E-state index < -0.39 is 11.9 Å². The lowest BCUT2D eigenvalue weighted by atomic mass is 10.1. The molecule has 0 N–H and O–H groups in total. The van der Waals surface area contributed by atoms with E-state index in [1.807, 2.05) is 13.8 Å². The fourth-order valence-corrected chi connectivity index (χ4v) is 3.25. The van der Waals surface area contributed by atoms with E-state index in [9.17, 15) is 13.2 Å². The maximum absolute atomic E-state index is 13.7. The van der Waals surface area contributed by atoms with Gasteiger partial charge in [-0.1, -0.05) is 23.7 Å². The Morgan fingerprint density at radius 2 is 1.54 bits per heavy atom. The minimum absolute atomic E-state index is 0.129. The lowest BCUT2D eigenvalue weighted by molar-refractivity contribution is -0.142. The summed E-state index contributed by atoms with van der Waals surface area (Å²) in [7, 11) is 0. The molecule has 0 aliphatic heterocycles. The molecule has 3 heterocycles. The number of benzene rings is 1. The molecule has 0 aliphatic rings. The number of halogens is 4. The fraction of sp³-hybridized carbons (Fsp3) is 0.150. The van der Waals surface area contributed by atoms with Crippen molar-refractivity contribution in [2.24, 2.45) is 0 Å². The molecular formula is C20H14ClF3N4. The number of pyridine rings is 1. The Bertz CT molecular complexity index is 1160. The molecule has 0 fully saturated rings. The summed E-state index contributed by atoms with van der Waals surface area (Å²) in [6, 6.07) is 11.1. The SMILES string of the molecule is Cc1cc(-c2cnn3c(C(F)(F)F)cc(-c4ccc(Cl)cc4)nc23)cc(C)n1. The average Bonchev–Trinajstić information content (AvgIpc) is 3.03. The van der Waals surface area contributed by atoms with Crippen LogP contribution >= 0.6 is 11.6 Å². The molecule has 0 radical (unpaired) electrons. The van der Waals surface area contributed by atoms with E-state index in [1.165, 1.54) is 6.20 Å². The molecule has 0 unspecified atom stereocenters. The van der Waals surface area contributed by atoms with Crippen molar-refractivity contribution < 1.29 is 13.2 Å². The topological polar surface area (TPSA) is 43.1 Å². The third-order valence-corrected chi connectivity index (χ3v) is 4.55. The van der Waals surface area contributed by atoms with Crippen LogP contribution in [0.15, 0.2) is 48.7 Å². The molecule has 0 saturated carbocycles. The quantitative estimate of drug-likeness (QED) is 0.429. The summed E-state index contributed by atoms with van der Waals surface area (Å²) in [6.07, 6.45) is -3.19. The number of aryl methyl sites for hydroxylation is 2. The van der Waals surface area contributed by atoms with Gasteiger partial charge >= 0.3 is 6.18 Å². The average molecular weight is 403 g/mol. The molecule has 0 aliphatic carbocycles. The summed E-state index contributed by atoms with van der Waals surface area (Å²) in [5.41, 5.74) is 2.72. The van der Waals surface area contributed by atoms with Crippen LogP contribution in [0.25, 0.3) is 28.0 Å². The van der Waals surface area contributed by atoms with Crippen molar-refractivity contribution in [1.82, 2.24) is 19.6 Å².